The van der Waals surface area contributed by atoms with E-state index in [0.29, 0.717) is 18.3 Å². The summed E-state index contributed by atoms with van der Waals surface area (Å²) in [5, 5.41) is 10.1. The molecule has 0 amide bonds. The molecule has 1 fully saturated rings. The lowest BCUT2D eigenvalue weighted by atomic mass is 10.1. The van der Waals surface area contributed by atoms with Crippen LogP contribution in [0, 0.1) is 18.3 Å². The highest BCUT2D eigenvalue weighted by Crippen LogP contribution is 2.31. The van der Waals surface area contributed by atoms with Gasteiger partial charge in [0.05, 0.1) is 23.3 Å². The largest absolute Gasteiger partial charge is 0.489 e. The molecule has 5 heteroatoms. The summed E-state index contributed by atoms with van der Waals surface area (Å²) in [7, 11) is 0. The van der Waals surface area contributed by atoms with Gasteiger partial charge >= 0.3 is 0 Å². The lowest BCUT2D eigenvalue weighted by Crippen LogP contribution is -2.23. The van der Waals surface area contributed by atoms with Crippen LogP contribution in [-0.2, 0) is 11.3 Å². The van der Waals surface area contributed by atoms with Gasteiger partial charge in [0.25, 0.3) is 0 Å². The van der Waals surface area contributed by atoms with Crippen molar-refractivity contribution in [2.24, 2.45) is 0 Å². The minimum Gasteiger partial charge on any atom is -0.489 e. The Morgan fingerprint density at radius 3 is 2.76 bits per heavy atom. The molecular formula is C24H25N3O2. The average Bonchev–Trinajstić information content (AvgIpc) is 3.20. The molecule has 1 aliphatic heterocycles. The molecule has 1 atom stereocenters. The van der Waals surface area contributed by atoms with Crippen molar-refractivity contribution in [3.63, 3.8) is 0 Å². The van der Waals surface area contributed by atoms with Gasteiger partial charge in [0.2, 0.25) is 0 Å². The second-order valence-corrected chi connectivity index (χ2v) is 7.37. The van der Waals surface area contributed by atoms with E-state index in [2.05, 4.69) is 42.2 Å². The number of aryl methyl sites for hydroxylation is 1. The Kier molecular flexibility index (Phi) is 5.64. The monoisotopic (exact) mass is 387 g/mol. The van der Waals surface area contributed by atoms with E-state index >= 15 is 0 Å². The van der Waals surface area contributed by atoms with Gasteiger partial charge in [-0.15, -0.1) is 0 Å². The Balaban J connectivity index is 1.54. The van der Waals surface area contributed by atoms with Crippen molar-refractivity contribution < 1.29 is 9.47 Å². The van der Waals surface area contributed by atoms with Crippen molar-refractivity contribution in [2.45, 2.75) is 33.0 Å². The summed E-state index contributed by atoms with van der Waals surface area (Å²) in [5.74, 6) is 0.751. The van der Waals surface area contributed by atoms with E-state index in [4.69, 9.17) is 19.7 Å². The van der Waals surface area contributed by atoms with Crippen LogP contribution in [0.2, 0.25) is 0 Å². The summed E-state index contributed by atoms with van der Waals surface area (Å²) in [6.45, 7) is 7.25. The summed E-state index contributed by atoms with van der Waals surface area (Å²) >= 11 is 0. The minimum absolute atomic E-state index is 0.309. The van der Waals surface area contributed by atoms with Crippen molar-refractivity contribution in [3.05, 3.63) is 65.4 Å². The molecule has 1 unspecified atom stereocenters. The van der Waals surface area contributed by atoms with Crippen molar-refractivity contribution in [3.8, 4) is 11.8 Å². The van der Waals surface area contributed by atoms with E-state index in [1.807, 2.05) is 19.1 Å². The highest BCUT2D eigenvalue weighted by Gasteiger charge is 2.24. The molecule has 0 spiro atoms. The topological polar surface area (TPSA) is 58.4 Å². The molecule has 0 saturated carbocycles. The van der Waals surface area contributed by atoms with Crippen molar-refractivity contribution in [1.29, 1.82) is 5.26 Å². The molecule has 148 valence electrons. The molecule has 2 heterocycles. The van der Waals surface area contributed by atoms with Crippen LogP contribution < -0.4 is 9.64 Å². The number of hydrogen-bond donors (Lipinski definition) is 0. The standard InChI is InChI=1S/C24H25N3O2/c1-3-28-21-10-11-27(15-21)24-12-17(2)26-23-13-19(6-9-22(23)24)16-29-20-7-4-18(14-25)5-8-20/h4-9,12-13,21H,3,10-11,15-16H2,1-2H3. The molecule has 29 heavy (non-hydrogen) atoms. The Labute approximate surface area is 171 Å². The molecule has 0 aliphatic carbocycles. The second kappa shape index (κ2) is 8.50. The van der Waals surface area contributed by atoms with Crippen molar-refractivity contribution >= 4 is 16.6 Å². The fourth-order valence-electron chi connectivity index (χ4n) is 3.85. The van der Waals surface area contributed by atoms with Gasteiger partial charge in [-0.05, 0) is 62.2 Å². The van der Waals surface area contributed by atoms with Crippen LogP contribution >= 0.6 is 0 Å². The van der Waals surface area contributed by atoms with E-state index in [1.54, 1.807) is 12.1 Å². The predicted molar refractivity (Wildman–Crippen MR) is 114 cm³/mol. The third-order valence-electron chi connectivity index (χ3n) is 5.26. The number of nitrogens with zero attached hydrogens (tertiary/aromatic N) is 3. The number of fused-ring (bicyclic) bond motifs is 1. The van der Waals surface area contributed by atoms with Crippen LogP contribution in [0.3, 0.4) is 0 Å². The van der Waals surface area contributed by atoms with Crippen LogP contribution in [-0.4, -0.2) is 30.8 Å². The zero-order chi connectivity index (χ0) is 20.2. The maximum Gasteiger partial charge on any atom is 0.119 e. The van der Waals surface area contributed by atoms with Crippen LogP contribution in [0.25, 0.3) is 10.9 Å². The summed E-state index contributed by atoms with van der Waals surface area (Å²) in [4.78, 5) is 7.16. The summed E-state index contributed by atoms with van der Waals surface area (Å²) in [5.41, 5.74) is 4.93. The van der Waals surface area contributed by atoms with E-state index in [1.165, 1.54) is 5.69 Å². The molecule has 0 bridgehead atoms. The smallest absolute Gasteiger partial charge is 0.119 e. The third kappa shape index (κ3) is 4.33. The molecule has 1 saturated heterocycles. The van der Waals surface area contributed by atoms with Gasteiger partial charge in [0.1, 0.15) is 12.4 Å². The normalized spacial score (nSPS) is 16.2. The van der Waals surface area contributed by atoms with Crippen LogP contribution in [0.1, 0.15) is 30.2 Å². The van der Waals surface area contributed by atoms with E-state index in [0.717, 1.165) is 54.0 Å². The minimum atomic E-state index is 0.309. The SMILES string of the molecule is CCOC1CCN(c2cc(C)nc3cc(COc4ccc(C#N)cc4)ccc23)C1. The van der Waals surface area contributed by atoms with Gasteiger partial charge in [-0.2, -0.15) is 5.26 Å². The molecule has 0 N–H and O–H groups in total. The van der Waals surface area contributed by atoms with Crippen molar-refractivity contribution in [1.82, 2.24) is 4.98 Å². The van der Waals surface area contributed by atoms with Crippen LogP contribution in [0.15, 0.2) is 48.5 Å². The maximum atomic E-state index is 8.89. The van der Waals surface area contributed by atoms with E-state index in [9.17, 15) is 0 Å². The molecule has 1 aliphatic rings. The van der Waals surface area contributed by atoms with Crippen LogP contribution in [0.5, 0.6) is 5.75 Å². The summed E-state index contributed by atoms with van der Waals surface area (Å²) in [6, 6.07) is 17.8. The zero-order valence-corrected chi connectivity index (χ0v) is 16.9. The Morgan fingerprint density at radius 1 is 1.17 bits per heavy atom. The lowest BCUT2D eigenvalue weighted by molar-refractivity contribution is 0.0788. The number of rotatable bonds is 6. The summed E-state index contributed by atoms with van der Waals surface area (Å²) < 4.78 is 11.7. The molecule has 0 radical (unpaired) electrons. The first-order valence-corrected chi connectivity index (χ1v) is 10.1. The Morgan fingerprint density at radius 2 is 2.00 bits per heavy atom. The lowest BCUT2D eigenvalue weighted by Gasteiger charge is -2.21. The number of aromatic nitrogens is 1. The number of anilines is 1. The molecule has 1 aromatic heterocycles. The second-order valence-electron chi connectivity index (χ2n) is 7.37. The zero-order valence-electron chi connectivity index (χ0n) is 16.9. The van der Waals surface area contributed by atoms with Gasteiger partial charge in [-0.3, -0.25) is 4.98 Å². The first-order valence-electron chi connectivity index (χ1n) is 10.1. The fraction of sp³-hybridized carbons (Fsp3) is 0.333. The molecule has 3 aromatic rings. The first kappa shape index (κ1) is 19.2. The first-order chi connectivity index (χ1) is 14.2. The third-order valence-corrected chi connectivity index (χ3v) is 5.26. The fourth-order valence-corrected chi connectivity index (χ4v) is 3.85. The van der Waals surface area contributed by atoms with Crippen LogP contribution in [0.4, 0.5) is 5.69 Å². The number of benzene rings is 2. The van der Waals surface area contributed by atoms with Gasteiger partial charge < -0.3 is 14.4 Å². The number of hydrogen-bond acceptors (Lipinski definition) is 5. The van der Waals surface area contributed by atoms with Crippen molar-refractivity contribution in [2.75, 3.05) is 24.6 Å². The van der Waals surface area contributed by atoms with Gasteiger partial charge in [-0.1, -0.05) is 12.1 Å². The van der Waals surface area contributed by atoms with Gasteiger partial charge in [0, 0.05) is 36.5 Å². The predicted octanol–water partition coefficient (Wildman–Crippen LogP) is 4.61. The quantitative estimate of drug-likeness (QED) is 0.618. The molecular weight excluding hydrogens is 362 g/mol. The summed E-state index contributed by atoms with van der Waals surface area (Å²) in [6.07, 6.45) is 1.37. The Bertz CT molecular complexity index is 1040. The molecule has 5 nitrogen and oxygen atoms in total. The Hall–Kier alpha value is -3.10. The van der Waals surface area contributed by atoms with E-state index in [-0.39, 0.29) is 0 Å². The average molecular weight is 387 g/mol. The maximum absolute atomic E-state index is 8.89. The number of pyridine rings is 1. The molecule has 2 aromatic carbocycles. The van der Waals surface area contributed by atoms with Gasteiger partial charge in [-0.25, -0.2) is 0 Å². The molecule has 4 rings (SSSR count). The highest BCUT2D eigenvalue weighted by atomic mass is 16.5. The van der Waals surface area contributed by atoms with Gasteiger partial charge in [0.15, 0.2) is 0 Å². The number of nitriles is 1. The van der Waals surface area contributed by atoms with E-state index < -0.39 is 0 Å². The highest BCUT2D eigenvalue weighted by molar-refractivity contribution is 5.92. The number of ether oxygens (including phenoxy) is 2.